The fourth-order valence-corrected chi connectivity index (χ4v) is 3.07. The average molecular weight is 313 g/mol. The molecule has 0 spiro atoms. The SMILES string of the molecule is Cc1cccc[n+]1CCCCCCCCC[n+]1ccccc1C. The molecule has 0 aliphatic carbocycles. The van der Waals surface area contributed by atoms with Crippen LogP contribution in [0.5, 0.6) is 0 Å². The number of aryl methyl sites for hydroxylation is 4. The summed E-state index contributed by atoms with van der Waals surface area (Å²) in [6, 6.07) is 12.8. The molecule has 124 valence electrons. The van der Waals surface area contributed by atoms with E-state index >= 15 is 0 Å². The highest BCUT2D eigenvalue weighted by Gasteiger charge is 2.04. The summed E-state index contributed by atoms with van der Waals surface area (Å²) in [6.07, 6.45) is 13.8. The normalized spacial score (nSPS) is 10.9. The smallest absolute Gasteiger partial charge is 0.178 e. The number of pyridine rings is 2. The first-order valence-corrected chi connectivity index (χ1v) is 9.17. The highest BCUT2D eigenvalue weighted by atomic mass is 14.9. The molecule has 0 aromatic carbocycles. The van der Waals surface area contributed by atoms with Crippen LogP contribution in [0, 0.1) is 13.8 Å². The van der Waals surface area contributed by atoms with Gasteiger partial charge in [0.05, 0.1) is 0 Å². The third-order valence-corrected chi connectivity index (χ3v) is 4.63. The van der Waals surface area contributed by atoms with Gasteiger partial charge in [-0.1, -0.05) is 31.4 Å². The van der Waals surface area contributed by atoms with Crippen molar-refractivity contribution in [2.24, 2.45) is 0 Å². The van der Waals surface area contributed by atoms with E-state index in [1.54, 1.807) is 0 Å². The standard InChI is InChI=1S/C21H32N2/c1-20-14-8-12-18-22(20)16-10-6-4-3-5-7-11-17-23-19-13-9-15-21(23)2/h8-9,12-15,18-19H,3-7,10-11,16-17H2,1-2H3/q+2. The van der Waals surface area contributed by atoms with Gasteiger partial charge in [0.2, 0.25) is 0 Å². The Morgan fingerprint density at radius 2 is 0.957 bits per heavy atom. The molecule has 0 amide bonds. The largest absolute Gasteiger partial charge is 0.203 e. The summed E-state index contributed by atoms with van der Waals surface area (Å²) in [5.41, 5.74) is 2.72. The molecule has 0 radical (unpaired) electrons. The van der Waals surface area contributed by atoms with Gasteiger partial charge in [-0.25, -0.2) is 9.13 Å². The van der Waals surface area contributed by atoms with Crippen molar-refractivity contribution in [3.8, 4) is 0 Å². The summed E-state index contributed by atoms with van der Waals surface area (Å²) in [7, 11) is 0. The van der Waals surface area contributed by atoms with Gasteiger partial charge >= 0.3 is 0 Å². The Bertz CT molecular complexity index is 526. The Kier molecular flexibility index (Phi) is 7.79. The van der Waals surface area contributed by atoms with Crippen LogP contribution in [0.15, 0.2) is 48.8 Å². The lowest BCUT2D eigenvalue weighted by Crippen LogP contribution is -2.36. The minimum absolute atomic E-state index is 1.16. The molecule has 2 rings (SSSR count). The zero-order valence-electron chi connectivity index (χ0n) is 14.9. The summed E-state index contributed by atoms with van der Waals surface area (Å²) in [5.74, 6) is 0. The monoisotopic (exact) mass is 312 g/mol. The van der Waals surface area contributed by atoms with E-state index in [0.29, 0.717) is 0 Å². The predicted molar refractivity (Wildman–Crippen MR) is 95.1 cm³/mol. The van der Waals surface area contributed by atoms with E-state index in [1.165, 1.54) is 56.3 Å². The highest BCUT2D eigenvalue weighted by molar-refractivity contribution is 4.94. The molecule has 23 heavy (non-hydrogen) atoms. The first kappa shape index (κ1) is 17.7. The van der Waals surface area contributed by atoms with Gasteiger partial charge in [-0.3, -0.25) is 0 Å². The fraction of sp³-hybridized carbons (Fsp3) is 0.524. The number of hydrogen-bond acceptors (Lipinski definition) is 0. The third-order valence-electron chi connectivity index (χ3n) is 4.63. The van der Waals surface area contributed by atoms with Crippen LogP contribution in [0.25, 0.3) is 0 Å². The molecule has 0 N–H and O–H groups in total. The molecule has 0 aliphatic heterocycles. The summed E-state index contributed by atoms with van der Waals surface area (Å²) in [4.78, 5) is 0. The minimum Gasteiger partial charge on any atom is -0.203 e. The Balaban J connectivity index is 1.47. The highest BCUT2D eigenvalue weighted by Crippen LogP contribution is 2.07. The molecule has 0 aliphatic rings. The van der Waals surface area contributed by atoms with E-state index in [9.17, 15) is 0 Å². The molecule has 0 atom stereocenters. The van der Waals surface area contributed by atoms with Crippen LogP contribution in [0.2, 0.25) is 0 Å². The van der Waals surface area contributed by atoms with Crippen molar-refractivity contribution < 1.29 is 9.13 Å². The van der Waals surface area contributed by atoms with Crippen molar-refractivity contribution in [1.82, 2.24) is 0 Å². The van der Waals surface area contributed by atoms with Crippen LogP contribution in [0.4, 0.5) is 0 Å². The number of unbranched alkanes of at least 4 members (excludes halogenated alkanes) is 6. The van der Waals surface area contributed by atoms with Crippen molar-refractivity contribution in [2.45, 2.75) is 71.9 Å². The zero-order chi connectivity index (χ0) is 16.3. The topological polar surface area (TPSA) is 7.76 Å². The molecular formula is C21H32N2+2. The van der Waals surface area contributed by atoms with Crippen LogP contribution < -0.4 is 9.13 Å². The molecule has 2 heteroatoms. The van der Waals surface area contributed by atoms with Crippen molar-refractivity contribution in [3.63, 3.8) is 0 Å². The maximum absolute atomic E-state index is 2.36. The molecule has 2 aromatic heterocycles. The molecule has 0 saturated carbocycles. The van der Waals surface area contributed by atoms with Gasteiger partial charge in [-0.05, 0) is 12.8 Å². The van der Waals surface area contributed by atoms with Gasteiger partial charge in [0.15, 0.2) is 23.8 Å². The molecule has 2 aromatic rings. The van der Waals surface area contributed by atoms with Gasteiger partial charge in [0.1, 0.15) is 13.1 Å². The molecule has 0 fully saturated rings. The quantitative estimate of drug-likeness (QED) is 0.456. The fourth-order valence-electron chi connectivity index (χ4n) is 3.07. The summed E-state index contributed by atoms with van der Waals surface area (Å²) in [5, 5.41) is 0. The number of nitrogens with zero attached hydrogens (tertiary/aromatic N) is 2. The van der Waals surface area contributed by atoms with Crippen LogP contribution >= 0.6 is 0 Å². The van der Waals surface area contributed by atoms with Crippen molar-refractivity contribution in [3.05, 3.63) is 60.2 Å². The van der Waals surface area contributed by atoms with Crippen LogP contribution in [-0.2, 0) is 13.1 Å². The zero-order valence-corrected chi connectivity index (χ0v) is 14.9. The van der Waals surface area contributed by atoms with E-state index in [4.69, 9.17) is 0 Å². The van der Waals surface area contributed by atoms with Crippen LogP contribution in [-0.4, -0.2) is 0 Å². The van der Waals surface area contributed by atoms with Gasteiger partial charge in [-0.15, -0.1) is 0 Å². The van der Waals surface area contributed by atoms with E-state index in [1.807, 2.05) is 0 Å². The predicted octanol–water partition coefficient (Wildman–Crippen LogP) is 4.31. The van der Waals surface area contributed by atoms with Crippen LogP contribution in [0.3, 0.4) is 0 Å². The summed E-state index contributed by atoms with van der Waals surface area (Å²) in [6.45, 7) is 6.70. The molecule has 2 nitrogen and oxygen atoms in total. The Hall–Kier alpha value is -1.70. The third kappa shape index (κ3) is 6.52. The second-order valence-corrected chi connectivity index (χ2v) is 6.55. The minimum atomic E-state index is 1.16. The van der Waals surface area contributed by atoms with E-state index in [2.05, 4.69) is 71.8 Å². The maximum Gasteiger partial charge on any atom is 0.178 e. The number of aromatic nitrogens is 2. The van der Waals surface area contributed by atoms with E-state index in [-0.39, 0.29) is 0 Å². The Morgan fingerprint density at radius 1 is 0.565 bits per heavy atom. The summed E-state index contributed by atoms with van der Waals surface area (Å²) < 4.78 is 4.72. The van der Waals surface area contributed by atoms with Crippen molar-refractivity contribution >= 4 is 0 Å². The lowest BCUT2D eigenvalue weighted by molar-refractivity contribution is -0.703. The lowest BCUT2D eigenvalue weighted by Gasteiger charge is -2.02. The van der Waals surface area contributed by atoms with E-state index < -0.39 is 0 Å². The first-order chi connectivity index (χ1) is 11.3. The van der Waals surface area contributed by atoms with Crippen LogP contribution in [0.1, 0.15) is 56.3 Å². The van der Waals surface area contributed by atoms with Crippen molar-refractivity contribution in [2.75, 3.05) is 0 Å². The molecule has 0 saturated heterocycles. The Labute approximate surface area is 141 Å². The second-order valence-electron chi connectivity index (χ2n) is 6.55. The molecule has 2 heterocycles. The van der Waals surface area contributed by atoms with Gasteiger partial charge in [0, 0.05) is 51.0 Å². The van der Waals surface area contributed by atoms with Gasteiger partial charge in [0.25, 0.3) is 0 Å². The lowest BCUT2D eigenvalue weighted by atomic mass is 10.1. The molecular weight excluding hydrogens is 280 g/mol. The molecule has 0 unspecified atom stereocenters. The second kappa shape index (κ2) is 10.1. The average Bonchev–Trinajstić information content (AvgIpc) is 2.56. The van der Waals surface area contributed by atoms with Crippen molar-refractivity contribution in [1.29, 1.82) is 0 Å². The van der Waals surface area contributed by atoms with E-state index in [0.717, 1.165) is 13.1 Å². The number of hydrogen-bond donors (Lipinski definition) is 0. The molecule has 0 bridgehead atoms. The Morgan fingerprint density at radius 3 is 1.35 bits per heavy atom. The first-order valence-electron chi connectivity index (χ1n) is 9.17. The van der Waals surface area contributed by atoms with Gasteiger partial charge < -0.3 is 0 Å². The van der Waals surface area contributed by atoms with Gasteiger partial charge in [-0.2, -0.15) is 0 Å². The maximum atomic E-state index is 2.36. The number of rotatable bonds is 10. The summed E-state index contributed by atoms with van der Waals surface area (Å²) >= 11 is 0.